The molecule has 3 unspecified atom stereocenters. The summed E-state index contributed by atoms with van der Waals surface area (Å²) in [6, 6.07) is 6.00. The Balaban J connectivity index is 1.90. The van der Waals surface area contributed by atoms with Gasteiger partial charge in [-0.3, -0.25) is 0 Å². The van der Waals surface area contributed by atoms with E-state index in [2.05, 4.69) is 5.32 Å². The van der Waals surface area contributed by atoms with Crippen LogP contribution >= 0.6 is 0 Å². The molecule has 1 aromatic rings. The Kier molecular flexibility index (Phi) is 5.31. The summed E-state index contributed by atoms with van der Waals surface area (Å²) in [5.74, 6) is -0.281. The summed E-state index contributed by atoms with van der Waals surface area (Å²) >= 11 is 0. The molecule has 0 spiro atoms. The van der Waals surface area contributed by atoms with E-state index in [0.717, 1.165) is 38.0 Å². The summed E-state index contributed by atoms with van der Waals surface area (Å²) in [7, 11) is 0. The maximum Gasteiger partial charge on any atom is 0.123 e. The van der Waals surface area contributed by atoms with Crippen molar-refractivity contribution in [1.82, 2.24) is 5.32 Å². The third kappa shape index (κ3) is 4.00. The van der Waals surface area contributed by atoms with E-state index in [1.54, 1.807) is 12.1 Å². The van der Waals surface area contributed by atoms with Gasteiger partial charge in [0.15, 0.2) is 0 Å². The van der Waals surface area contributed by atoms with E-state index < -0.39 is 6.10 Å². The molecule has 2 rings (SSSR count). The molecule has 1 aliphatic heterocycles. The molecule has 0 bridgehead atoms. The van der Waals surface area contributed by atoms with Crippen LogP contribution in [-0.4, -0.2) is 30.4 Å². The average Bonchev–Trinajstić information content (AvgIpc) is 2.93. The fourth-order valence-corrected chi connectivity index (χ4v) is 2.46. The van der Waals surface area contributed by atoms with Gasteiger partial charge in [0, 0.05) is 19.2 Å². The fourth-order valence-electron chi connectivity index (χ4n) is 2.46. The zero-order valence-electron chi connectivity index (χ0n) is 11.3. The Morgan fingerprint density at radius 1 is 1.42 bits per heavy atom. The lowest BCUT2D eigenvalue weighted by atomic mass is 10.00. The van der Waals surface area contributed by atoms with Gasteiger partial charge in [-0.25, -0.2) is 4.39 Å². The Labute approximate surface area is 113 Å². The van der Waals surface area contributed by atoms with Crippen molar-refractivity contribution in [2.24, 2.45) is 0 Å². The normalized spacial score (nSPS) is 22.4. The Morgan fingerprint density at radius 2 is 2.16 bits per heavy atom. The topological polar surface area (TPSA) is 41.5 Å². The molecule has 0 saturated carbocycles. The van der Waals surface area contributed by atoms with Crippen LogP contribution in [0.2, 0.25) is 0 Å². The number of hydrogen-bond acceptors (Lipinski definition) is 3. The minimum atomic E-state index is -0.619. The lowest BCUT2D eigenvalue weighted by Crippen LogP contribution is -2.39. The van der Waals surface area contributed by atoms with Gasteiger partial charge in [0.05, 0.1) is 12.2 Å². The molecule has 0 amide bonds. The van der Waals surface area contributed by atoms with E-state index in [4.69, 9.17) is 4.74 Å². The Bertz CT molecular complexity index is 376. The predicted molar refractivity (Wildman–Crippen MR) is 72.4 cm³/mol. The van der Waals surface area contributed by atoms with Crippen molar-refractivity contribution < 1.29 is 14.2 Å². The largest absolute Gasteiger partial charge is 0.387 e. The van der Waals surface area contributed by atoms with E-state index in [1.807, 2.05) is 6.92 Å². The number of nitrogens with one attached hydrogen (secondary N) is 1. The van der Waals surface area contributed by atoms with Crippen LogP contribution in [0.4, 0.5) is 4.39 Å². The summed E-state index contributed by atoms with van der Waals surface area (Å²) in [4.78, 5) is 0. The second-order valence-corrected chi connectivity index (χ2v) is 5.05. The molecule has 19 heavy (non-hydrogen) atoms. The van der Waals surface area contributed by atoms with Crippen LogP contribution in [0.3, 0.4) is 0 Å². The van der Waals surface area contributed by atoms with E-state index >= 15 is 0 Å². The number of ether oxygens (including phenoxy) is 1. The van der Waals surface area contributed by atoms with Crippen molar-refractivity contribution in [3.05, 3.63) is 35.6 Å². The first-order valence-electron chi connectivity index (χ1n) is 6.99. The predicted octanol–water partition coefficient (Wildman–Crippen LogP) is 2.41. The van der Waals surface area contributed by atoms with Crippen molar-refractivity contribution in [1.29, 1.82) is 0 Å². The summed E-state index contributed by atoms with van der Waals surface area (Å²) < 4.78 is 18.4. The second kappa shape index (κ2) is 6.98. The third-order valence-corrected chi connectivity index (χ3v) is 3.66. The molecule has 106 valence electrons. The first-order valence-corrected chi connectivity index (χ1v) is 6.99. The molecule has 0 aromatic heterocycles. The van der Waals surface area contributed by atoms with E-state index in [1.165, 1.54) is 12.1 Å². The molecular formula is C15H22FNO2. The molecule has 3 atom stereocenters. The molecule has 3 nitrogen and oxygen atoms in total. The van der Waals surface area contributed by atoms with E-state index in [0.29, 0.717) is 0 Å². The van der Waals surface area contributed by atoms with Crippen molar-refractivity contribution >= 4 is 0 Å². The van der Waals surface area contributed by atoms with Gasteiger partial charge in [0.1, 0.15) is 5.82 Å². The molecule has 1 aromatic carbocycles. The van der Waals surface area contributed by atoms with Crippen LogP contribution in [0.25, 0.3) is 0 Å². The summed E-state index contributed by atoms with van der Waals surface area (Å²) in [5, 5.41) is 13.7. The van der Waals surface area contributed by atoms with Crippen LogP contribution in [0.1, 0.15) is 37.9 Å². The zero-order chi connectivity index (χ0) is 13.7. The number of rotatable bonds is 6. The summed E-state index contributed by atoms with van der Waals surface area (Å²) in [5.41, 5.74) is 0.744. The van der Waals surface area contributed by atoms with Crippen molar-refractivity contribution in [2.75, 3.05) is 13.2 Å². The van der Waals surface area contributed by atoms with E-state index in [9.17, 15) is 9.50 Å². The lowest BCUT2D eigenvalue weighted by Gasteiger charge is -2.24. The van der Waals surface area contributed by atoms with Crippen molar-refractivity contribution in [3.63, 3.8) is 0 Å². The van der Waals surface area contributed by atoms with E-state index in [-0.39, 0.29) is 18.0 Å². The maximum absolute atomic E-state index is 12.9. The Hall–Kier alpha value is -0.970. The van der Waals surface area contributed by atoms with Gasteiger partial charge in [-0.05, 0) is 37.0 Å². The number of hydrogen-bond donors (Lipinski definition) is 2. The smallest absolute Gasteiger partial charge is 0.123 e. The number of aliphatic hydroxyl groups is 1. The molecule has 1 saturated heterocycles. The van der Waals surface area contributed by atoms with Crippen LogP contribution in [0.15, 0.2) is 24.3 Å². The summed E-state index contributed by atoms with van der Waals surface area (Å²) in [6.45, 7) is 3.63. The van der Waals surface area contributed by atoms with Gasteiger partial charge in [0.2, 0.25) is 0 Å². The second-order valence-electron chi connectivity index (χ2n) is 5.05. The van der Waals surface area contributed by atoms with Crippen molar-refractivity contribution in [3.8, 4) is 0 Å². The van der Waals surface area contributed by atoms with Gasteiger partial charge in [-0.1, -0.05) is 19.1 Å². The van der Waals surface area contributed by atoms with Crippen LogP contribution in [0, 0.1) is 5.82 Å². The quantitative estimate of drug-likeness (QED) is 0.831. The van der Waals surface area contributed by atoms with Crippen LogP contribution in [0.5, 0.6) is 0 Å². The van der Waals surface area contributed by atoms with Crippen LogP contribution < -0.4 is 5.32 Å². The van der Waals surface area contributed by atoms with Gasteiger partial charge in [-0.15, -0.1) is 0 Å². The highest BCUT2D eigenvalue weighted by Gasteiger charge is 2.22. The fraction of sp³-hybridized carbons (Fsp3) is 0.600. The highest BCUT2D eigenvalue weighted by molar-refractivity contribution is 5.19. The van der Waals surface area contributed by atoms with Gasteiger partial charge >= 0.3 is 0 Å². The number of halogens is 1. The SMILES string of the molecule is CCC(NCC1CCCO1)C(O)c1ccc(F)cc1. The molecule has 0 radical (unpaired) electrons. The maximum atomic E-state index is 12.9. The molecule has 2 N–H and O–H groups in total. The summed E-state index contributed by atoms with van der Waals surface area (Å²) in [6.07, 6.45) is 2.65. The number of benzene rings is 1. The number of aliphatic hydroxyl groups excluding tert-OH is 1. The molecule has 4 heteroatoms. The van der Waals surface area contributed by atoms with Crippen molar-refractivity contribution in [2.45, 2.75) is 44.4 Å². The lowest BCUT2D eigenvalue weighted by molar-refractivity contribution is 0.0866. The monoisotopic (exact) mass is 267 g/mol. The molecular weight excluding hydrogens is 245 g/mol. The first kappa shape index (κ1) is 14.4. The minimum Gasteiger partial charge on any atom is -0.387 e. The zero-order valence-corrected chi connectivity index (χ0v) is 11.3. The highest BCUT2D eigenvalue weighted by Crippen LogP contribution is 2.20. The minimum absolute atomic E-state index is 0.0327. The third-order valence-electron chi connectivity index (χ3n) is 3.66. The highest BCUT2D eigenvalue weighted by atomic mass is 19.1. The van der Waals surface area contributed by atoms with Gasteiger partial charge in [-0.2, -0.15) is 0 Å². The molecule has 1 heterocycles. The molecule has 1 fully saturated rings. The Morgan fingerprint density at radius 3 is 2.74 bits per heavy atom. The molecule has 0 aliphatic carbocycles. The first-order chi connectivity index (χ1) is 9.20. The molecule has 1 aliphatic rings. The average molecular weight is 267 g/mol. The van der Waals surface area contributed by atoms with Gasteiger partial charge < -0.3 is 15.2 Å². The van der Waals surface area contributed by atoms with Crippen LogP contribution in [-0.2, 0) is 4.74 Å². The van der Waals surface area contributed by atoms with Gasteiger partial charge in [0.25, 0.3) is 0 Å². The standard InChI is InChI=1S/C15H22FNO2/c1-2-14(17-10-13-4-3-9-19-13)15(18)11-5-7-12(16)8-6-11/h5-8,13-15,17-18H,2-4,9-10H2,1H3.